The van der Waals surface area contributed by atoms with Gasteiger partial charge >= 0.3 is 0 Å². The number of carbonyl (C=O) groups excluding carboxylic acids is 1. The molecule has 0 N–H and O–H groups in total. The fourth-order valence-electron chi connectivity index (χ4n) is 2.84. The summed E-state index contributed by atoms with van der Waals surface area (Å²) >= 11 is 0. The van der Waals surface area contributed by atoms with Crippen LogP contribution in [0.1, 0.15) is 36.9 Å². The first-order valence-corrected chi connectivity index (χ1v) is 8.46. The molecule has 130 valence electrons. The first kappa shape index (κ1) is 17.4. The van der Waals surface area contributed by atoms with Crippen LogP contribution in [-0.2, 0) is 4.79 Å². The number of amides is 1. The zero-order chi connectivity index (χ0) is 18.5. The molecule has 0 bridgehead atoms. The van der Waals surface area contributed by atoms with Crippen molar-refractivity contribution in [3.63, 3.8) is 0 Å². The van der Waals surface area contributed by atoms with Crippen LogP contribution in [0.5, 0.6) is 0 Å². The van der Waals surface area contributed by atoms with Gasteiger partial charge in [-0.2, -0.15) is 5.26 Å². The molecule has 1 heterocycles. The minimum Gasteiger partial charge on any atom is -0.437 e. The minimum atomic E-state index is -0.119. The van der Waals surface area contributed by atoms with Crippen molar-refractivity contribution < 1.29 is 9.21 Å². The van der Waals surface area contributed by atoms with Crippen molar-refractivity contribution in [1.82, 2.24) is 9.88 Å². The van der Waals surface area contributed by atoms with Gasteiger partial charge in [0.2, 0.25) is 11.8 Å². The highest BCUT2D eigenvalue weighted by Gasteiger charge is 2.18. The molecule has 1 amide bonds. The number of fused-ring (bicyclic) bond motifs is 1. The van der Waals surface area contributed by atoms with Crippen LogP contribution in [0.15, 0.2) is 59.0 Å². The fraction of sp³-hybridized carbons (Fsp3) is 0.190. The molecule has 0 aliphatic rings. The molecule has 5 nitrogen and oxygen atoms in total. The van der Waals surface area contributed by atoms with E-state index in [1.165, 1.54) is 6.08 Å². The van der Waals surface area contributed by atoms with Crippen LogP contribution in [0, 0.1) is 11.3 Å². The Morgan fingerprint density at radius 3 is 2.65 bits per heavy atom. The van der Waals surface area contributed by atoms with E-state index in [1.54, 1.807) is 23.1 Å². The Labute approximate surface area is 152 Å². The van der Waals surface area contributed by atoms with Gasteiger partial charge in [-0.1, -0.05) is 24.3 Å². The highest BCUT2D eigenvalue weighted by Crippen LogP contribution is 2.21. The second kappa shape index (κ2) is 7.66. The third-order valence-corrected chi connectivity index (χ3v) is 4.29. The van der Waals surface area contributed by atoms with Crippen LogP contribution in [0.4, 0.5) is 0 Å². The molecule has 3 aromatic rings. The summed E-state index contributed by atoms with van der Waals surface area (Å²) in [6.45, 7) is 4.47. The quantitative estimate of drug-likeness (QED) is 0.646. The molecule has 0 aliphatic carbocycles. The van der Waals surface area contributed by atoms with Crippen molar-refractivity contribution in [3.8, 4) is 6.07 Å². The number of hydrogen-bond donors (Lipinski definition) is 0. The van der Waals surface area contributed by atoms with Gasteiger partial charge < -0.3 is 9.32 Å². The lowest BCUT2D eigenvalue weighted by Crippen LogP contribution is -2.32. The van der Waals surface area contributed by atoms with E-state index in [0.29, 0.717) is 23.6 Å². The third kappa shape index (κ3) is 3.65. The molecule has 0 saturated carbocycles. The van der Waals surface area contributed by atoms with Crippen molar-refractivity contribution in [2.45, 2.75) is 19.9 Å². The molecular formula is C21H19N3O2. The van der Waals surface area contributed by atoms with Crippen molar-refractivity contribution in [2.75, 3.05) is 6.54 Å². The Bertz CT molecular complexity index is 947. The molecule has 0 spiro atoms. The number of aromatic nitrogens is 1. The van der Waals surface area contributed by atoms with E-state index >= 15 is 0 Å². The maximum atomic E-state index is 12.6. The number of likely N-dealkylation sites (N-methyl/N-ethyl adjacent to an activating group) is 1. The van der Waals surface area contributed by atoms with Crippen LogP contribution in [0.2, 0.25) is 0 Å². The summed E-state index contributed by atoms with van der Waals surface area (Å²) < 4.78 is 5.60. The number of hydrogen-bond acceptors (Lipinski definition) is 4. The standard InChI is InChI=1S/C21H19N3O2/c1-3-24(15(2)17-10-8-16(14-22)9-11-17)21(25)13-12-20-23-18-6-4-5-7-19(18)26-20/h4-13,15H,3H2,1-2H3/b13-12+. The fourth-order valence-corrected chi connectivity index (χ4v) is 2.84. The summed E-state index contributed by atoms with van der Waals surface area (Å²) in [6.07, 6.45) is 3.07. The summed E-state index contributed by atoms with van der Waals surface area (Å²) in [5.74, 6) is 0.285. The Morgan fingerprint density at radius 1 is 1.27 bits per heavy atom. The lowest BCUT2D eigenvalue weighted by Gasteiger charge is -2.27. The molecule has 3 rings (SSSR count). The molecule has 2 aromatic carbocycles. The van der Waals surface area contributed by atoms with E-state index in [9.17, 15) is 4.79 Å². The number of nitrogens with zero attached hydrogens (tertiary/aromatic N) is 3. The molecule has 0 radical (unpaired) electrons. The van der Waals surface area contributed by atoms with E-state index in [0.717, 1.165) is 11.1 Å². The maximum Gasteiger partial charge on any atom is 0.247 e. The first-order chi connectivity index (χ1) is 12.6. The molecule has 0 aliphatic heterocycles. The number of oxazole rings is 1. The van der Waals surface area contributed by atoms with Gasteiger partial charge in [0.1, 0.15) is 5.52 Å². The van der Waals surface area contributed by atoms with Gasteiger partial charge in [0, 0.05) is 18.7 Å². The van der Waals surface area contributed by atoms with Crippen LogP contribution in [-0.4, -0.2) is 22.3 Å². The monoisotopic (exact) mass is 345 g/mol. The van der Waals surface area contributed by atoms with Gasteiger partial charge in [-0.05, 0) is 43.7 Å². The summed E-state index contributed by atoms with van der Waals surface area (Å²) in [5.41, 5.74) is 3.04. The van der Waals surface area contributed by atoms with Gasteiger partial charge in [0.15, 0.2) is 5.58 Å². The number of nitriles is 1. The van der Waals surface area contributed by atoms with Crippen molar-refractivity contribution in [1.29, 1.82) is 5.26 Å². The van der Waals surface area contributed by atoms with Gasteiger partial charge in [-0.15, -0.1) is 0 Å². The Hall–Kier alpha value is -3.39. The molecule has 5 heteroatoms. The zero-order valence-electron chi connectivity index (χ0n) is 14.7. The second-order valence-electron chi connectivity index (χ2n) is 5.89. The smallest absolute Gasteiger partial charge is 0.247 e. The van der Waals surface area contributed by atoms with Crippen LogP contribution >= 0.6 is 0 Å². The highest BCUT2D eigenvalue weighted by molar-refractivity contribution is 5.91. The summed E-state index contributed by atoms with van der Waals surface area (Å²) in [7, 11) is 0. The van der Waals surface area contributed by atoms with E-state index in [1.807, 2.05) is 50.2 Å². The number of benzene rings is 2. The SMILES string of the molecule is CCN(C(=O)/C=C/c1nc2ccccc2o1)C(C)c1ccc(C#N)cc1. The largest absolute Gasteiger partial charge is 0.437 e. The lowest BCUT2D eigenvalue weighted by atomic mass is 10.0. The molecule has 0 saturated heterocycles. The van der Waals surface area contributed by atoms with E-state index in [4.69, 9.17) is 9.68 Å². The lowest BCUT2D eigenvalue weighted by molar-refractivity contribution is -0.127. The van der Waals surface area contributed by atoms with Crippen LogP contribution in [0.25, 0.3) is 17.2 Å². The van der Waals surface area contributed by atoms with Gasteiger partial charge in [-0.3, -0.25) is 4.79 Å². The van der Waals surface area contributed by atoms with Gasteiger partial charge in [0.25, 0.3) is 0 Å². The molecule has 26 heavy (non-hydrogen) atoms. The van der Waals surface area contributed by atoms with Crippen LogP contribution in [0.3, 0.4) is 0 Å². The van der Waals surface area contributed by atoms with Crippen molar-refractivity contribution in [3.05, 3.63) is 71.6 Å². The van der Waals surface area contributed by atoms with E-state index in [2.05, 4.69) is 11.1 Å². The predicted molar refractivity (Wildman–Crippen MR) is 100 cm³/mol. The summed E-state index contributed by atoms with van der Waals surface area (Å²) in [4.78, 5) is 18.7. The van der Waals surface area contributed by atoms with Crippen molar-refractivity contribution >= 4 is 23.1 Å². The number of rotatable bonds is 5. The molecule has 1 atom stereocenters. The van der Waals surface area contributed by atoms with Gasteiger partial charge in [-0.25, -0.2) is 4.98 Å². The average molecular weight is 345 g/mol. The zero-order valence-corrected chi connectivity index (χ0v) is 14.7. The normalized spacial score (nSPS) is 12.2. The first-order valence-electron chi connectivity index (χ1n) is 8.46. The highest BCUT2D eigenvalue weighted by atomic mass is 16.3. The van der Waals surface area contributed by atoms with Crippen molar-refractivity contribution in [2.24, 2.45) is 0 Å². The Morgan fingerprint density at radius 2 is 2.00 bits per heavy atom. The molecular weight excluding hydrogens is 326 g/mol. The summed E-state index contributed by atoms with van der Waals surface area (Å²) in [6, 6.07) is 16.8. The Balaban J connectivity index is 1.76. The number of para-hydroxylation sites is 2. The van der Waals surface area contributed by atoms with Gasteiger partial charge in [0.05, 0.1) is 17.7 Å². The molecule has 1 aromatic heterocycles. The Kier molecular flexibility index (Phi) is 5.14. The van der Waals surface area contributed by atoms with Crippen LogP contribution < -0.4 is 0 Å². The maximum absolute atomic E-state index is 12.6. The van der Waals surface area contributed by atoms with E-state index < -0.39 is 0 Å². The average Bonchev–Trinajstić information content (AvgIpc) is 3.10. The van der Waals surface area contributed by atoms with E-state index in [-0.39, 0.29) is 11.9 Å². The predicted octanol–water partition coefficient (Wildman–Crippen LogP) is 4.32. The molecule has 0 fully saturated rings. The number of carbonyl (C=O) groups is 1. The summed E-state index contributed by atoms with van der Waals surface area (Å²) in [5, 5.41) is 8.90. The molecule has 1 unspecified atom stereocenters. The topological polar surface area (TPSA) is 70.1 Å². The second-order valence-corrected chi connectivity index (χ2v) is 5.89. The minimum absolute atomic E-state index is 0.103. The third-order valence-electron chi connectivity index (χ3n) is 4.29.